The molecule has 0 saturated heterocycles. The van der Waals surface area contributed by atoms with Crippen LogP contribution in [0.2, 0.25) is 0 Å². The van der Waals surface area contributed by atoms with Crippen molar-refractivity contribution < 1.29 is 4.79 Å². The molecule has 3 rings (SSSR count). The van der Waals surface area contributed by atoms with Crippen molar-refractivity contribution in [3.8, 4) is 0 Å². The van der Waals surface area contributed by atoms with Crippen molar-refractivity contribution in [2.45, 2.75) is 27.3 Å². The third kappa shape index (κ3) is 4.25. The number of benzene rings is 2. The Labute approximate surface area is 153 Å². The topological polar surface area (TPSA) is 59.3 Å². The van der Waals surface area contributed by atoms with Crippen LogP contribution in [0.5, 0.6) is 0 Å². The number of hydrazone groups is 1. The van der Waals surface area contributed by atoms with Gasteiger partial charge in [-0.15, -0.1) is 0 Å². The quantitative estimate of drug-likeness (QED) is 0.566. The summed E-state index contributed by atoms with van der Waals surface area (Å²) >= 11 is 0. The minimum absolute atomic E-state index is 0.229. The molecule has 0 saturated carbocycles. The maximum Gasteiger partial charge on any atom is 0.271 e. The van der Waals surface area contributed by atoms with Crippen LogP contribution in [0.15, 0.2) is 59.7 Å². The van der Waals surface area contributed by atoms with Crippen molar-refractivity contribution in [2.24, 2.45) is 5.10 Å². The second-order valence-corrected chi connectivity index (χ2v) is 6.34. The number of carbonyl (C=O) groups excluding carboxylic acids is 1. The minimum Gasteiger partial charge on any atom is -0.267 e. The second kappa shape index (κ2) is 7.78. The van der Waals surface area contributed by atoms with Crippen molar-refractivity contribution >= 4 is 12.1 Å². The highest BCUT2D eigenvalue weighted by molar-refractivity contribution is 5.95. The van der Waals surface area contributed by atoms with Gasteiger partial charge in [-0.3, -0.25) is 9.48 Å². The summed E-state index contributed by atoms with van der Waals surface area (Å²) in [6.45, 7) is 6.71. The van der Waals surface area contributed by atoms with Gasteiger partial charge in [-0.1, -0.05) is 36.4 Å². The average Bonchev–Trinajstić information content (AvgIpc) is 2.94. The van der Waals surface area contributed by atoms with Crippen molar-refractivity contribution in [3.63, 3.8) is 0 Å². The second-order valence-electron chi connectivity index (χ2n) is 6.34. The Hall–Kier alpha value is -3.21. The smallest absolute Gasteiger partial charge is 0.267 e. The molecule has 0 aliphatic rings. The molecule has 1 aromatic heterocycles. The molecule has 0 radical (unpaired) electrons. The van der Waals surface area contributed by atoms with Gasteiger partial charge in [0.1, 0.15) is 0 Å². The zero-order chi connectivity index (χ0) is 18.5. The molecule has 0 atom stereocenters. The van der Waals surface area contributed by atoms with Crippen LogP contribution in [-0.4, -0.2) is 21.9 Å². The molecular formula is C21H22N4O. The third-order valence-electron chi connectivity index (χ3n) is 4.21. The maximum atomic E-state index is 12.2. The van der Waals surface area contributed by atoms with E-state index in [2.05, 4.69) is 15.6 Å². The average molecular weight is 346 g/mol. The summed E-state index contributed by atoms with van der Waals surface area (Å²) < 4.78 is 1.96. The molecule has 5 heteroatoms. The molecule has 26 heavy (non-hydrogen) atoms. The van der Waals surface area contributed by atoms with Crippen LogP contribution >= 0.6 is 0 Å². The van der Waals surface area contributed by atoms with E-state index in [0.717, 1.165) is 28.1 Å². The summed E-state index contributed by atoms with van der Waals surface area (Å²) in [6, 6.07) is 17.4. The first-order valence-corrected chi connectivity index (χ1v) is 8.52. The lowest BCUT2D eigenvalue weighted by Gasteiger charge is -2.06. The van der Waals surface area contributed by atoms with Gasteiger partial charge in [-0.25, -0.2) is 5.43 Å². The van der Waals surface area contributed by atoms with Crippen LogP contribution in [0.1, 0.15) is 38.4 Å². The van der Waals surface area contributed by atoms with Crippen molar-refractivity contribution in [1.29, 1.82) is 0 Å². The predicted octanol–water partition coefficient (Wildman–Crippen LogP) is 3.62. The molecule has 0 aliphatic carbocycles. The zero-order valence-corrected chi connectivity index (χ0v) is 15.2. The zero-order valence-electron chi connectivity index (χ0n) is 15.2. The number of hydrogen-bond donors (Lipinski definition) is 1. The van der Waals surface area contributed by atoms with Crippen LogP contribution in [0, 0.1) is 20.8 Å². The fourth-order valence-corrected chi connectivity index (χ4v) is 2.73. The lowest BCUT2D eigenvalue weighted by atomic mass is 10.1. The number of hydrogen-bond acceptors (Lipinski definition) is 3. The molecule has 1 heterocycles. The van der Waals surface area contributed by atoms with E-state index in [9.17, 15) is 4.79 Å². The van der Waals surface area contributed by atoms with Crippen molar-refractivity contribution in [2.75, 3.05) is 0 Å². The summed E-state index contributed by atoms with van der Waals surface area (Å²) in [6.07, 6.45) is 1.66. The SMILES string of the molecule is Cc1cc(C)n(Cc2ccc(C(=O)N/N=C\c3ccccc3C)cc2)n1. The summed E-state index contributed by atoms with van der Waals surface area (Å²) in [7, 11) is 0. The predicted molar refractivity (Wildman–Crippen MR) is 103 cm³/mol. The van der Waals surface area contributed by atoms with E-state index in [4.69, 9.17) is 0 Å². The number of carbonyl (C=O) groups is 1. The summed E-state index contributed by atoms with van der Waals surface area (Å²) in [5, 5.41) is 8.50. The van der Waals surface area contributed by atoms with Crippen molar-refractivity contribution in [3.05, 3.63) is 88.2 Å². The van der Waals surface area contributed by atoms with E-state index in [-0.39, 0.29) is 5.91 Å². The van der Waals surface area contributed by atoms with Gasteiger partial charge in [0.2, 0.25) is 0 Å². The summed E-state index contributed by atoms with van der Waals surface area (Å²) in [5.74, 6) is -0.229. The van der Waals surface area contributed by atoms with Gasteiger partial charge in [-0.05, 0) is 55.7 Å². The molecule has 3 aromatic rings. The van der Waals surface area contributed by atoms with Crippen LogP contribution in [0.4, 0.5) is 0 Å². The van der Waals surface area contributed by atoms with Gasteiger partial charge in [0.15, 0.2) is 0 Å². The normalized spacial score (nSPS) is 11.0. The third-order valence-corrected chi connectivity index (χ3v) is 4.21. The Bertz CT molecular complexity index is 939. The lowest BCUT2D eigenvalue weighted by molar-refractivity contribution is 0.0955. The highest BCUT2D eigenvalue weighted by Crippen LogP contribution is 2.09. The van der Waals surface area contributed by atoms with Gasteiger partial charge in [0.05, 0.1) is 18.5 Å². The summed E-state index contributed by atoms with van der Waals surface area (Å²) in [5.41, 5.74) is 8.45. The molecule has 0 spiro atoms. The Balaban J connectivity index is 1.62. The van der Waals surface area contributed by atoms with E-state index in [1.54, 1.807) is 18.3 Å². The van der Waals surface area contributed by atoms with E-state index >= 15 is 0 Å². The van der Waals surface area contributed by atoms with E-state index < -0.39 is 0 Å². The highest BCUT2D eigenvalue weighted by atomic mass is 16.2. The molecule has 5 nitrogen and oxygen atoms in total. The van der Waals surface area contributed by atoms with E-state index in [1.807, 2.05) is 67.9 Å². The van der Waals surface area contributed by atoms with Crippen LogP contribution in [-0.2, 0) is 6.54 Å². The Morgan fingerprint density at radius 2 is 1.85 bits per heavy atom. The van der Waals surface area contributed by atoms with Crippen LogP contribution in [0.25, 0.3) is 0 Å². The standard InChI is InChI=1S/C21H22N4O/c1-15-6-4-5-7-20(15)13-22-23-21(26)19-10-8-18(9-11-19)14-25-17(3)12-16(2)24-25/h4-13H,14H2,1-3H3,(H,23,26)/b22-13-. The number of aryl methyl sites for hydroxylation is 3. The van der Waals surface area contributed by atoms with Gasteiger partial charge < -0.3 is 0 Å². The number of rotatable bonds is 5. The summed E-state index contributed by atoms with van der Waals surface area (Å²) in [4.78, 5) is 12.2. The van der Waals surface area contributed by atoms with Crippen LogP contribution < -0.4 is 5.43 Å². The first-order chi connectivity index (χ1) is 12.5. The fourth-order valence-electron chi connectivity index (χ4n) is 2.73. The first-order valence-electron chi connectivity index (χ1n) is 8.52. The van der Waals surface area contributed by atoms with Gasteiger partial charge in [0, 0.05) is 11.3 Å². The molecule has 0 fully saturated rings. The molecule has 0 unspecified atom stereocenters. The largest absolute Gasteiger partial charge is 0.271 e. The molecule has 2 aromatic carbocycles. The lowest BCUT2D eigenvalue weighted by Crippen LogP contribution is -2.17. The monoisotopic (exact) mass is 346 g/mol. The molecular weight excluding hydrogens is 324 g/mol. The van der Waals surface area contributed by atoms with Crippen molar-refractivity contribution in [1.82, 2.24) is 15.2 Å². The molecule has 132 valence electrons. The number of nitrogens with zero attached hydrogens (tertiary/aromatic N) is 3. The number of aromatic nitrogens is 2. The maximum absolute atomic E-state index is 12.2. The Morgan fingerprint density at radius 1 is 1.12 bits per heavy atom. The highest BCUT2D eigenvalue weighted by Gasteiger charge is 2.06. The van der Waals surface area contributed by atoms with Crippen LogP contribution in [0.3, 0.4) is 0 Å². The first kappa shape index (κ1) is 17.6. The fraction of sp³-hybridized carbons (Fsp3) is 0.190. The number of nitrogens with one attached hydrogen (secondary N) is 1. The Kier molecular flexibility index (Phi) is 5.27. The van der Waals surface area contributed by atoms with E-state index in [0.29, 0.717) is 12.1 Å². The number of amides is 1. The van der Waals surface area contributed by atoms with Gasteiger partial charge in [-0.2, -0.15) is 10.2 Å². The molecule has 0 aliphatic heterocycles. The molecule has 0 bridgehead atoms. The molecule has 1 N–H and O–H groups in total. The minimum atomic E-state index is -0.229. The van der Waals surface area contributed by atoms with Gasteiger partial charge in [0.25, 0.3) is 5.91 Å². The van der Waals surface area contributed by atoms with E-state index in [1.165, 1.54) is 0 Å². The Morgan fingerprint density at radius 3 is 2.50 bits per heavy atom. The molecule has 1 amide bonds. The van der Waals surface area contributed by atoms with Gasteiger partial charge >= 0.3 is 0 Å².